The number of carbonyl (C=O) groups is 1. The van der Waals surface area contributed by atoms with Crippen molar-refractivity contribution in [2.24, 2.45) is 5.92 Å². The third-order valence-electron chi connectivity index (χ3n) is 4.95. The van der Waals surface area contributed by atoms with Gasteiger partial charge in [-0.1, -0.05) is 5.92 Å². The van der Waals surface area contributed by atoms with Crippen LogP contribution in [0.15, 0.2) is 24.3 Å². The summed E-state index contributed by atoms with van der Waals surface area (Å²) in [7, 11) is 5.65. The van der Waals surface area contributed by atoms with E-state index in [-0.39, 0.29) is 11.8 Å². The largest absolute Gasteiger partial charge is 0.416 e. The van der Waals surface area contributed by atoms with Crippen LogP contribution in [0.3, 0.4) is 0 Å². The molecule has 0 saturated heterocycles. The second-order valence-corrected chi connectivity index (χ2v) is 7.47. The van der Waals surface area contributed by atoms with E-state index >= 15 is 0 Å². The molecule has 0 aliphatic heterocycles. The second kappa shape index (κ2) is 9.83. The van der Waals surface area contributed by atoms with E-state index in [0.29, 0.717) is 5.92 Å². The summed E-state index contributed by atoms with van der Waals surface area (Å²) < 4.78 is 43.0. The maximum atomic E-state index is 12.6. The standard InChI is InChI=1S/C21H27F3N2O2/c1-25(2)15-5-4-6-16-7-11-18(12-8-16)26(3)20(27)28-19-13-9-17(10-14-19)21(22,23)24/h9-10,13-14,16,18H,6-8,11-12,15H2,1-3H3. The van der Waals surface area contributed by atoms with Gasteiger partial charge in [0.25, 0.3) is 0 Å². The molecule has 1 aliphatic carbocycles. The number of amides is 1. The van der Waals surface area contributed by atoms with Gasteiger partial charge in [-0.25, -0.2) is 4.79 Å². The third-order valence-corrected chi connectivity index (χ3v) is 4.95. The Balaban J connectivity index is 1.80. The zero-order valence-electron chi connectivity index (χ0n) is 16.6. The van der Waals surface area contributed by atoms with Crippen LogP contribution >= 0.6 is 0 Å². The molecule has 0 N–H and O–H groups in total. The fraction of sp³-hybridized carbons (Fsp3) is 0.571. The lowest BCUT2D eigenvalue weighted by atomic mass is 9.84. The molecular weight excluding hydrogens is 369 g/mol. The Morgan fingerprint density at radius 1 is 1.07 bits per heavy atom. The minimum Gasteiger partial charge on any atom is -0.410 e. The van der Waals surface area contributed by atoms with E-state index in [1.54, 1.807) is 11.9 Å². The lowest BCUT2D eigenvalue weighted by molar-refractivity contribution is -0.137. The molecule has 1 amide bonds. The topological polar surface area (TPSA) is 32.8 Å². The van der Waals surface area contributed by atoms with Crippen molar-refractivity contribution in [1.29, 1.82) is 0 Å². The first-order valence-electron chi connectivity index (χ1n) is 9.39. The Labute approximate surface area is 164 Å². The van der Waals surface area contributed by atoms with Crippen LogP contribution in [0.1, 0.15) is 37.7 Å². The quantitative estimate of drug-likeness (QED) is 0.695. The molecule has 0 aromatic heterocycles. The number of nitrogens with zero attached hydrogens (tertiary/aromatic N) is 2. The molecule has 4 nitrogen and oxygen atoms in total. The molecule has 0 heterocycles. The molecule has 1 aliphatic rings. The van der Waals surface area contributed by atoms with Crippen LogP contribution in [0.5, 0.6) is 5.75 Å². The molecule has 0 atom stereocenters. The molecule has 1 aromatic carbocycles. The number of ether oxygens (including phenoxy) is 1. The van der Waals surface area contributed by atoms with Crippen molar-refractivity contribution in [2.45, 2.75) is 44.3 Å². The van der Waals surface area contributed by atoms with Crippen molar-refractivity contribution in [2.75, 3.05) is 27.7 Å². The molecule has 0 spiro atoms. The Bertz CT molecular complexity index is 697. The average molecular weight is 396 g/mol. The molecule has 2 rings (SSSR count). The van der Waals surface area contributed by atoms with Gasteiger partial charge in [-0.05, 0) is 70.0 Å². The fourth-order valence-corrected chi connectivity index (χ4v) is 3.20. The monoisotopic (exact) mass is 396 g/mol. The molecular formula is C21H27F3N2O2. The van der Waals surface area contributed by atoms with Gasteiger partial charge in [0.1, 0.15) is 5.75 Å². The van der Waals surface area contributed by atoms with Crippen molar-refractivity contribution in [3.63, 3.8) is 0 Å². The molecule has 7 heteroatoms. The molecule has 0 radical (unpaired) electrons. The van der Waals surface area contributed by atoms with Gasteiger partial charge in [0.05, 0.1) is 12.1 Å². The van der Waals surface area contributed by atoms with E-state index in [4.69, 9.17) is 4.74 Å². The van der Waals surface area contributed by atoms with Crippen molar-refractivity contribution >= 4 is 6.09 Å². The summed E-state index contributed by atoms with van der Waals surface area (Å²) >= 11 is 0. The van der Waals surface area contributed by atoms with E-state index in [9.17, 15) is 18.0 Å². The summed E-state index contributed by atoms with van der Waals surface area (Å²) in [5.74, 6) is 7.02. The van der Waals surface area contributed by atoms with Gasteiger partial charge in [0, 0.05) is 19.5 Å². The van der Waals surface area contributed by atoms with Gasteiger partial charge in [-0.15, -0.1) is 5.92 Å². The molecule has 1 aromatic rings. The Hall–Kier alpha value is -2.20. The molecule has 0 bridgehead atoms. The predicted molar refractivity (Wildman–Crippen MR) is 102 cm³/mol. The first kappa shape index (κ1) is 22.1. The first-order valence-corrected chi connectivity index (χ1v) is 9.39. The number of halogens is 3. The minimum absolute atomic E-state index is 0.0768. The van der Waals surface area contributed by atoms with Gasteiger partial charge in [-0.2, -0.15) is 13.2 Å². The highest BCUT2D eigenvalue weighted by molar-refractivity contribution is 5.70. The third kappa shape index (κ3) is 6.75. The highest BCUT2D eigenvalue weighted by Crippen LogP contribution is 2.31. The van der Waals surface area contributed by atoms with Crippen LogP contribution in [0.25, 0.3) is 0 Å². The van der Waals surface area contributed by atoms with Crippen molar-refractivity contribution < 1.29 is 22.7 Å². The van der Waals surface area contributed by atoms with Crippen LogP contribution < -0.4 is 4.74 Å². The zero-order valence-corrected chi connectivity index (χ0v) is 16.6. The van der Waals surface area contributed by atoms with Crippen molar-refractivity contribution in [3.8, 4) is 17.6 Å². The lowest BCUT2D eigenvalue weighted by Gasteiger charge is -2.33. The summed E-state index contributed by atoms with van der Waals surface area (Å²) in [4.78, 5) is 15.9. The highest BCUT2D eigenvalue weighted by Gasteiger charge is 2.30. The van der Waals surface area contributed by atoms with Crippen LogP contribution in [0.4, 0.5) is 18.0 Å². The average Bonchev–Trinajstić information content (AvgIpc) is 2.64. The van der Waals surface area contributed by atoms with Crippen LogP contribution in [-0.2, 0) is 6.18 Å². The summed E-state index contributed by atoms with van der Waals surface area (Å²) in [6.45, 7) is 0.758. The number of rotatable bonds is 4. The number of carbonyl (C=O) groups excluding carboxylic acids is 1. The molecule has 0 unspecified atom stereocenters. The fourth-order valence-electron chi connectivity index (χ4n) is 3.20. The van der Waals surface area contributed by atoms with Crippen LogP contribution in [-0.4, -0.2) is 49.6 Å². The van der Waals surface area contributed by atoms with Gasteiger partial charge in [-0.3, -0.25) is 4.90 Å². The minimum atomic E-state index is -4.41. The van der Waals surface area contributed by atoms with E-state index in [2.05, 4.69) is 11.8 Å². The summed E-state index contributed by atoms with van der Waals surface area (Å²) in [6, 6.07) is 4.22. The number of benzene rings is 1. The van der Waals surface area contributed by atoms with E-state index in [1.165, 1.54) is 0 Å². The van der Waals surface area contributed by atoms with Crippen LogP contribution in [0.2, 0.25) is 0 Å². The van der Waals surface area contributed by atoms with Gasteiger partial charge in [0.2, 0.25) is 0 Å². The predicted octanol–water partition coefficient (Wildman–Crippen LogP) is 4.65. The zero-order chi connectivity index (χ0) is 20.7. The first-order chi connectivity index (χ1) is 13.2. The molecule has 154 valence electrons. The van der Waals surface area contributed by atoms with E-state index < -0.39 is 17.8 Å². The smallest absolute Gasteiger partial charge is 0.410 e. The SMILES string of the molecule is CN(C)CC#CCC1CCC(N(C)C(=O)Oc2ccc(C(F)(F)F)cc2)CC1. The summed E-state index contributed by atoms with van der Waals surface area (Å²) in [5.41, 5.74) is -0.771. The Morgan fingerprint density at radius 3 is 2.21 bits per heavy atom. The lowest BCUT2D eigenvalue weighted by Crippen LogP contribution is -2.41. The second-order valence-electron chi connectivity index (χ2n) is 7.47. The van der Waals surface area contributed by atoms with E-state index in [1.807, 2.05) is 19.0 Å². The maximum absolute atomic E-state index is 12.6. The molecule has 28 heavy (non-hydrogen) atoms. The van der Waals surface area contributed by atoms with Crippen molar-refractivity contribution in [1.82, 2.24) is 9.80 Å². The number of alkyl halides is 3. The normalized spacial score (nSPS) is 19.7. The summed E-state index contributed by atoms with van der Waals surface area (Å²) in [6.07, 6.45) is -0.334. The van der Waals surface area contributed by atoms with Gasteiger partial charge >= 0.3 is 12.3 Å². The Kier molecular flexibility index (Phi) is 7.76. The summed E-state index contributed by atoms with van der Waals surface area (Å²) in [5, 5.41) is 0. The Morgan fingerprint density at radius 2 is 1.68 bits per heavy atom. The van der Waals surface area contributed by atoms with Gasteiger partial charge < -0.3 is 9.64 Å². The van der Waals surface area contributed by atoms with Crippen LogP contribution in [0, 0.1) is 17.8 Å². The van der Waals surface area contributed by atoms with Gasteiger partial charge in [0.15, 0.2) is 0 Å². The van der Waals surface area contributed by atoms with Crippen molar-refractivity contribution in [3.05, 3.63) is 29.8 Å². The number of hydrogen-bond donors (Lipinski definition) is 0. The van der Waals surface area contributed by atoms with E-state index in [0.717, 1.165) is 62.9 Å². The molecule has 1 fully saturated rings. The number of hydrogen-bond acceptors (Lipinski definition) is 3. The highest BCUT2D eigenvalue weighted by atomic mass is 19.4. The molecule has 1 saturated carbocycles. The maximum Gasteiger partial charge on any atom is 0.416 e.